The van der Waals surface area contributed by atoms with Gasteiger partial charge in [0.15, 0.2) is 0 Å². The minimum absolute atomic E-state index is 0.265. The van der Waals surface area contributed by atoms with Crippen molar-refractivity contribution in [3.63, 3.8) is 0 Å². The number of methoxy groups -OCH3 is 1. The summed E-state index contributed by atoms with van der Waals surface area (Å²) in [7, 11) is 1.26. The maximum Gasteiger partial charge on any atom is 0.328 e. The van der Waals surface area contributed by atoms with E-state index in [4.69, 9.17) is 10.5 Å². The maximum absolute atomic E-state index is 12.7. The van der Waals surface area contributed by atoms with Gasteiger partial charge in [-0.15, -0.1) is 0 Å². The van der Waals surface area contributed by atoms with Crippen LogP contribution in [-0.4, -0.2) is 53.7 Å². The number of aromatic nitrogens is 2. The molecule has 2 heterocycles. The van der Waals surface area contributed by atoms with Gasteiger partial charge in [0.2, 0.25) is 0 Å². The van der Waals surface area contributed by atoms with E-state index < -0.39 is 17.9 Å². The molecule has 192 valence electrons. The van der Waals surface area contributed by atoms with E-state index in [2.05, 4.69) is 31.1 Å². The Kier molecular flexibility index (Phi) is 10.1. The second-order valence-electron chi connectivity index (χ2n) is 7.95. The lowest BCUT2D eigenvalue weighted by molar-refractivity contribution is -0.143. The zero-order valence-electron chi connectivity index (χ0n) is 20.4. The molecule has 5 N–H and O–H groups in total. The average Bonchev–Trinajstić information content (AvgIpc) is 2.93. The van der Waals surface area contributed by atoms with Crippen molar-refractivity contribution in [2.75, 3.05) is 24.8 Å². The molecule has 0 aliphatic carbocycles. The number of hydrazone groups is 1. The topological polar surface area (TPSA) is 161 Å². The largest absolute Gasteiger partial charge is 0.467 e. The SMILES string of the molecule is COC(=O)C(CCCCNC(=O)c1ccccn1)NC(=O)c1ccc(NN=Cc2ccccc2N)nc1. The van der Waals surface area contributed by atoms with Gasteiger partial charge in [0, 0.05) is 30.2 Å². The molecule has 37 heavy (non-hydrogen) atoms. The summed E-state index contributed by atoms with van der Waals surface area (Å²) >= 11 is 0. The number of rotatable bonds is 12. The summed E-state index contributed by atoms with van der Waals surface area (Å²) < 4.78 is 4.83. The summed E-state index contributed by atoms with van der Waals surface area (Å²) in [4.78, 5) is 45.1. The predicted molar refractivity (Wildman–Crippen MR) is 140 cm³/mol. The first-order chi connectivity index (χ1) is 18.0. The van der Waals surface area contributed by atoms with Gasteiger partial charge in [-0.2, -0.15) is 5.10 Å². The van der Waals surface area contributed by atoms with Crippen LogP contribution in [0.4, 0.5) is 11.5 Å². The van der Waals surface area contributed by atoms with E-state index in [0.717, 1.165) is 5.56 Å². The van der Waals surface area contributed by atoms with Crippen LogP contribution in [0.25, 0.3) is 0 Å². The molecule has 0 saturated carbocycles. The maximum atomic E-state index is 12.7. The molecule has 1 unspecified atom stereocenters. The van der Waals surface area contributed by atoms with Crippen LogP contribution >= 0.6 is 0 Å². The summed E-state index contributed by atoms with van der Waals surface area (Å²) in [5, 5.41) is 9.56. The zero-order chi connectivity index (χ0) is 26.5. The summed E-state index contributed by atoms with van der Waals surface area (Å²) in [6.07, 6.45) is 6.04. The van der Waals surface area contributed by atoms with Gasteiger partial charge < -0.3 is 21.1 Å². The number of nitrogen functional groups attached to an aromatic ring is 1. The number of nitrogens with zero attached hydrogens (tertiary/aromatic N) is 3. The Labute approximate surface area is 214 Å². The minimum atomic E-state index is -0.831. The van der Waals surface area contributed by atoms with E-state index in [1.54, 1.807) is 48.8 Å². The van der Waals surface area contributed by atoms with Crippen LogP contribution < -0.4 is 21.8 Å². The molecule has 11 heteroatoms. The number of unbranched alkanes of at least 4 members (excludes halogenated alkanes) is 1. The molecular formula is C26H29N7O4. The van der Waals surface area contributed by atoms with E-state index in [-0.39, 0.29) is 11.5 Å². The summed E-state index contributed by atoms with van der Waals surface area (Å²) in [6, 6.07) is 14.7. The Bertz CT molecular complexity index is 1220. The molecule has 2 amide bonds. The van der Waals surface area contributed by atoms with Gasteiger partial charge in [0.25, 0.3) is 11.8 Å². The molecule has 2 aromatic heterocycles. The third-order valence-electron chi connectivity index (χ3n) is 5.30. The quantitative estimate of drug-likeness (QED) is 0.0963. The average molecular weight is 504 g/mol. The molecular weight excluding hydrogens is 474 g/mol. The van der Waals surface area contributed by atoms with Crippen LogP contribution in [0, 0.1) is 0 Å². The van der Waals surface area contributed by atoms with Crippen molar-refractivity contribution in [1.29, 1.82) is 0 Å². The third kappa shape index (κ3) is 8.42. The number of hydrogen-bond acceptors (Lipinski definition) is 9. The zero-order valence-corrected chi connectivity index (χ0v) is 20.4. The van der Waals surface area contributed by atoms with Gasteiger partial charge in [-0.05, 0) is 49.6 Å². The fourth-order valence-electron chi connectivity index (χ4n) is 3.29. The minimum Gasteiger partial charge on any atom is -0.467 e. The Morgan fingerprint density at radius 1 is 1.03 bits per heavy atom. The van der Waals surface area contributed by atoms with Gasteiger partial charge in [-0.25, -0.2) is 9.78 Å². The number of esters is 1. The molecule has 0 spiro atoms. The first kappa shape index (κ1) is 26.8. The smallest absolute Gasteiger partial charge is 0.328 e. The number of ether oxygens (including phenoxy) is 1. The highest BCUT2D eigenvalue weighted by atomic mass is 16.5. The van der Waals surface area contributed by atoms with E-state index in [9.17, 15) is 14.4 Å². The highest BCUT2D eigenvalue weighted by molar-refractivity contribution is 5.96. The molecule has 0 aliphatic heterocycles. The summed E-state index contributed by atoms with van der Waals surface area (Å²) in [6.45, 7) is 0.412. The van der Waals surface area contributed by atoms with Gasteiger partial charge in [-0.1, -0.05) is 24.3 Å². The van der Waals surface area contributed by atoms with Crippen LogP contribution in [0.3, 0.4) is 0 Å². The third-order valence-corrected chi connectivity index (χ3v) is 5.30. The van der Waals surface area contributed by atoms with E-state index in [1.165, 1.54) is 13.3 Å². The number of para-hydroxylation sites is 1. The Balaban J connectivity index is 1.46. The Morgan fingerprint density at radius 3 is 2.54 bits per heavy atom. The van der Waals surface area contributed by atoms with Crippen molar-refractivity contribution in [1.82, 2.24) is 20.6 Å². The standard InChI is InChI=1S/C26H29N7O4/c1-37-26(36)22(11-5-7-15-29-25(35)21-10-4-6-14-28-21)32-24(34)19-12-13-23(30-16-19)33-31-17-18-8-2-3-9-20(18)27/h2-4,6,8-10,12-14,16-17,22H,5,7,11,15,27H2,1H3,(H,29,35)(H,30,33)(H,32,34). The van der Waals surface area contributed by atoms with Crippen LogP contribution in [0.15, 0.2) is 72.1 Å². The van der Waals surface area contributed by atoms with Crippen LogP contribution in [-0.2, 0) is 9.53 Å². The second kappa shape index (κ2) is 13.9. The van der Waals surface area contributed by atoms with Crippen molar-refractivity contribution >= 4 is 35.5 Å². The molecule has 1 aromatic carbocycles. The number of amides is 2. The van der Waals surface area contributed by atoms with Crippen molar-refractivity contribution < 1.29 is 19.1 Å². The number of hydrogen-bond donors (Lipinski definition) is 4. The number of nitrogens with one attached hydrogen (secondary N) is 3. The molecule has 11 nitrogen and oxygen atoms in total. The number of anilines is 2. The second-order valence-corrected chi connectivity index (χ2v) is 7.95. The van der Waals surface area contributed by atoms with Crippen molar-refractivity contribution in [3.05, 3.63) is 83.8 Å². The number of carbonyl (C=O) groups excluding carboxylic acids is 3. The molecule has 3 rings (SSSR count). The van der Waals surface area contributed by atoms with Gasteiger partial charge >= 0.3 is 5.97 Å². The number of pyridine rings is 2. The Hall–Kier alpha value is -4.80. The predicted octanol–water partition coefficient (Wildman–Crippen LogP) is 2.38. The molecule has 0 bridgehead atoms. The lowest BCUT2D eigenvalue weighted by Gasteiger charge is -2.16. The number of nitrogens with two attached hydrogens (primary N) is 1. The van der Waals surface area contributed by atoms with Crippen molar-refractivity contribution in [2.45, 2.75) is 25.3 Å². The fourth-order valence-corrected chi connectivity index (χ4v) is 3.29. The Morgan fingerprint density at radius 2 is 1.84 bits per heavy atom. The first-order valence-electron chi connectivity index (χ1n) is 11.7. The molecule has 0 radical (unpaired) electrons. The van der Waals surface area contributed by atoms with E-state index in [0.29, 0.717) is 43.0 Å². The van der Waals surface area contributed by atoms with E-state index >= 15 is 0 Å². The molecule has 0 aliphatic rings. The van der Waals surface area contributed by atoms with Crippen molar-refractivity contribution in [2.24, 2.45) is 5.10 Å². The van der Waals surface area contributed by atoms with Crippen LogP contribution in [0.1, 0.15) is 45.7 Å². The number of benzene rings is 1. The number of carbonyl (C=O) groups is 3. The van der Waals surface area contributed by atoms with Crippen LogP contribution in [0.5, 0.6) is 0 Å². The normalized spacial score (nSPS) is 11.5. The van der Waals surface area contributed by atoms with Crippen molar-refractivity contribution in [3.8, 4) is 0 Å². The highest BCUT2D eigenvalue weighted by Gasteiger charge is 2.22. The lowest BCUT2D eigenvalue weighted by atomic mass is 10.1. The van der Waals surface area contributed by atoms with Gasteiger partial charge in [0.05, 0.1) is 18.9 Å². The molecule has 0 fully saturated rings. The summed E-state index contributed by atoms with van der Waals surface area (Å²) in [5.41, 5.74) is 10.6. The van der Waals surface area contributed by atoms with Gasteiger partial charge in [-0.3, -0.25) is 20.0 Å². The fraction of sp³-hybridized carbons (Fsp3) is 0.231. The lowest BCUT2D eigenvalue weighted by Crippen LogP contribution is -2.41. The van der Waals surface area contributed by atoms with E-state index in [1.807, 2.05) is 18.2 Å². The first-order valence-corrected chi connectivity index (χ1v) is 11.7. The van der Waals surface area contributed by atoms with Crippen LogP contribution in [0.2, 0.25) is 0 Å². The van der Waals surface area contributed by atoms with Gasteiger partial charge in [0.1, 0.15) is 17.6 Å². The molecule has 0 saturated heterocycles. The molecule has 3 aromatic rings. The monoisotopic (exact) mass is 503 g/mol. The summed E-state index contributed by atoms with van der Waals surface area (Å²) in [5.74, 6) is -0.844. The molecule has 1 atom stereocenters. The highest BCUT2D eigenvalue weighted by Crippen LogP contribution is 2.10.